The van der Waals surface area contributed by atoms with E-state index in [1.807, 2.05) is 48.7 Å². The lowest BCUT2D eigenvalue weighted by molar-refractivity contribution is -0.146. The third-order valence-corrected chi connectivity index (χ3v) is 9.73. The molecule has 0 spiro atoms. The molecular weight excluding hydrogens is 631 g/mol. The summed E-state index contributed by atoms with van der Waals surface area (Å²) in [5.41, 5.74) is 6.95. The number of ether oxygens (including phenoxy) is 2. The van der Waals surface area contributed by atoms with Crippen LogP contribution in [0.4, 0.5) is 0 Å². The Hall–Kier alpha value is -4.66. The number of hydrogen-bond donors (Lipinski definition) is 1. The summed E-state index contributed by atoms with van der Waals surface area (Å²) in [4.78, 5) is 22.9. The van der Waals surface area contributed by atoms with Gasteiger partial charge in [-0.1, -0.05) is 75.4 Å². The number of fused-ring (bicyclic) bond motifs is 2. The molecule has 0 amide bonds. The smallest absolute Gasteiger partial charge is 0.309 e. The van der Waals surface area contributed by atoms with Gasteiger partial charge in [0.1, 0.15) is 12.4 Å². The minimum Gasteiger partial charge on any atom is -0.487 e. The summed E-state index contributed by atoms with van der Waals surface area (Å²) in [5, 5.41) is 12.3. The third-order valence-electron chi connectivity index (χ3n) is 8.46. The second kappa shape index (κ2) is 14.1. The van der Waals surface area contributed by atoms with E-state index in [1.165, 1.54) is 0 Å². The molecule has 0 fully saturated rings. The van der Waals surface area contributed by atoms with Gasteiger partial charge in [0.2, 0.25) is 0 Å². The molecule has 0 bridgehead atoms. The van der Waals surface area contributed by atoms with Gasteiger partial charge in [-0.15, -0.1) is 11.8 Å². The fourth-order valence-electron chi connectivity index (χ4n) is 5.87. The number of carboxylic acids is 1. The summed E-state index contributed by atoms with van der Waals surface area (Å²) in [6.07, 6.45) is 2.22. The molecule has 0 radical (unpaired) electrons. The number of aliphatic carboxylic acids is 1. The number of carbonyl (C=O) groups is 1. The van der Waals surface area contributed by atoms with Crippen LogP contribution >= 0.6 is 11.8 Å². The zero-order valence-electron chi connectivity index (χ0n) is 29.0. The monoisotopic (exact) mass is 673 g/mol. The second-order valence-corrected chi connectivity index (χ2v) is 15.9. The number of thioether (sulfide) groups is 1. The Balaban J connectivity index is 1.37. The fraction of sp³-hybridized carbons (Fsp3) is 0.293. The Morgan fingerprint density at radius 2 is 1.63 bits per heavy atom. The van der Waals surface area contributed by atoms with Crippen LogP contribution in [0.3, 0.4) is 0 Å². The first kappa shape index (κ1) is 34.2. The molecule has 0 aliphatic rings. The summed E-state index contributed by atoms with van der Waals surface area (Å²) < 4.78 is 13.7. The zero-order valence-corrected chi connectivity index (χ0v) is 29.8. The van der Waals surface area contributed by atoms with Gasteiger partial charge in [0.25, 0.3) is 0 Å². The van der Waals surface area contributed by atoms with E-state index >= 15 is 0 Å². The van der Waals surface area contributed by atoms with Gasteiger partial charge in [0, 0.05) is 63.5 Å². The van der Waals surface area contributed by atoms with Gasteiger partial charge < -0.3 is 19.1 Å². The number of rotatable bonds is 12. The maximum atomic E-state index is 12.4. The number of aromatic nitrogens is 3. The van der Waals surface area contributed by atoms with E-state index in [0.717, 1.165) is 66.2 Å². The molecule has 7 nitrogen and oxygen atoms in total. The molecule has 1 N–H and O–H groups in total. The predicted octanol–water partition coefficient (Wildman–Crippen LogP) is 9.57. The molecule has 0 aliphatic heterocycles. The van der Waals surface area contributed by atoms with Gasteiger partial charge in [0.15, 0.2) is 0 Å². The summed E-state index contributed by atoms with van der Waals surface area (Å²) in [5.74, 6) is -0.0796. The van der Waals surface area contributed by atoms with Crippen molar-refractivity contribution in [3.8, 4) is 17.0 Å². The normalized spacial score (nSPS) is 12.1. The maximum Gasteiger partial charge on any atom is 0.309 e. The summed E-state index contributed by atoms with van der Waals surface area (Å²) in [7, 11) is 1.68. The van der Waals surface area contributed by atoms with Crippen molar-refractivity contribution in [1.29, 1.82) is 0 Å². The summed E-state index contributed by atoms with van der Waals surface area (Å²) >= 11 is 1.77. The highest BCUT2D eigenvalue weighted by atomic mass is 32.2. The van der Waals surface area contributed by atoms with Crippen molar-refractivity contribution in [1.82, 2.24) is 14.5 Å². The molecule has 0 atom stereocenters. The second-order valence-electron chi connectivity index (χ2n) is 14.1. The van der Waals surface area contributed by atoms with E-state index in [-0.39, 0.29) is 4.75 Å². The van der Waals surface area contributed by atoms with Crippen LogP contribution in [-0.2, 0) is 35.7 Å². The zero-order chi connectivity index (χ0) is 34.8. The highest BCUT2D eigenvalue weighted by molar-refractivity contribution is 8.00. The molecule has 0 unspecified atom stereocenters. The first-order chi connectivity index (χ1) is 23.4. The molecule has 3 heterocycles. The lowest BCUT2D eigenvalue weighted by Crippen LogP contribution is -2.28. The van der Waals surface area contributed by atoms with Gasteiger partial charge in [-0.3, -0.25) is 9.78 Å². The maximum absolute atomic E-state index is 12.4. The molecule has 49 heavy (non-hydrogen) atoms. The Morgan fingerprint density at radius 3 is 2.33 bits per heavy atom. The minimum absolute atomic E-state index is 0.111. The van der Waals surface area contributed by atoms with E-state index in [9.17, 15) is 9.90 Å². The Kier molecular flexibility index (Phi) is 9.82. The van der Waals surface area contributed by atoms with E-state index in [0.29, 0.717) is 26.2 Å². The number of nitrogens with zero attached hydrogens (tertiary/aromatic N) is 3. The predicted molar refractivity (Wildman–Crippen MR) is 198 cm³/mol. The van der Waals surface area contributed by atoms with Crippen LogP contribution in [0.5, 0.6) is 5.75 Å². The molecule has 6 rings (SSSR count). The van der Waals surface area contributed by atoms with E-state index in [1.54, 1.807) is 32.7 Å². The van der Waals surface area contributed by atoms with Crippen molar-refractivity contribution in [2.24, 2.45) is 5.41 Å². The van der Waals surface area contributed by atoms with Gasteiger partial charge in [-0.05, 0) is 61.4 Å². The number of methoxy groups -OCH3 is 1. The molecule has 8 heteroatoms. The number of hydrogen-bond acceptors (Lipinski definition) is 6. The summed E-state index contributed by atoms with van der Waals surface area (Å²) in [6, 6.07) is 30.8. The van der Waals surface area contributed by atoms with Crippen LogP contribution in [0, 0.1) is 5.41 Å². The molecule has 3 aromatic heterocycles. The minimum atomic E-state index is -0.967. The fourth-order valence-corrected chi connectivity index (χ4v) is 7.06. The quantitative estimate of drug-likeness (QED) is 0.130. The van der Waals surface area contributed by atoms with Crippen molar-refractivity contribution >= 4 is 39.5 Å². The van der Waals surface area contributed by atoms with Gasteiger partial charge in [0.05, 0.1) is 28.9 Å². The van der Waals surface area contributed by atoms with Crippen LogP contribution in [0.15, 0.2) is 102 Å². The van der Waals surface area contributed by atoms with Crippen molar-refractivity contribution in [2.45, 2.75) is 70.4 Å². The van der Waals surface area contributed by atoms with Crippen molar-refractivity contribution < 1.29 is 19.4 Å². The Morgan fingerprint density at radius 1 is 0.878 bits per heavy atom. The SMILES string of the molecule is COCc1ccc(-c2ccc(Cn3c(CC(C)(C)C(=O)O)c(SC(C)(C)C)c4cc(OCc5ccc6ccccc6n5)ccc43)cc2)nc1. The van der Waals surface area contributed by atoms with E-state index in [4.69, 9.17) is 14.5 Å². The third kappa shape index (κ3) is 7.98. The lowest BCUT2D eigenvalue weighted by Gasteiger charge is -2.24. The van der Waals surface area contributed by atoms with Crippen LogP contribution in [-0.4, -0.2) is 37.5 Å². The highest BCUT2D eigenvalue weighted by Crippen LogP contribution is 2.44. The number of pyridine rings is 2. The average molecular weight is 674 g/mol. The van der Waals surface area contributed by atoms with Gasteiger partial charge in [-0.25, -0.2) is 4.98 Å². The largest absolute Gasteiger partial charge is 0.487 e. The van der Waals surface area contributed by atoms with Crippen LogP contribution in [0.1, 0.15) is 57.1 Å². The van der Waals surface area contributed by atoms with Crippen LogP contribution in [0.25, 0.3) is 33.1 Å². The standard InChI is InChI=1S/C41H43N3O4S/c1-40(2,3)49-38-33-21-32(48-26-31-17-16-29-9-7-8-10-35(29)43-31)18-20-36(33)44(37(38)22-41(4,5)39(45)46)24-27-11-14-30(15-12-27)34-19-13-28(23-42-34)25-47-6/h7-21,23H,22,24-26H2,1-6H3,(H,45,46). The number of carboxylic acid groups (broad SMARTS) is 1. The topological polar surface area (TPSA) is 86.5 Å². The van der Waals surface area contributed by atoms with Crippen LogP contribution < -0.4 is 4.74 Å². The van der Waals surface area contributed by atoms with Crippen LogP contribution in [0.2, 0.25) is 0 Å². The van der Waals surface area contributed by atoms with E-state index in [2.05, 4.69) is 78.9 Å². The molecule has 0 aliphatic carbocycles. The number of benzene rings is 3. The first-order valence-electron chi connectivity index (χ1n) is 16.5. The Labute approximate surface area is 292 Å². The molecule has 3 aromatic carbocycles. The highest BCUT2D eigenvalue weighted by Gasteiger charge is 2.33. The molecular formula is C41H43N3O4S. The van der Waals surface area contributed by atoms with Gasteiger partial charge >= 0.3 is 5.97 Å². The Bertz CT molecular complexity index is 2100. The first-order valence-corrected chi connectivity index (χ1v) is 17.3. The molecule has 252 valence electrons. The van der Waals surface area contributed by atoms with Crippen molar-refractivity contribution in [3.05, 3.63) is 120 Å². The van der Waals surface area contributed by atoms with Crippen molar-refractivity contribution in [2.75, 3.05) is 7.11 Å². The lowest BCUT2D eigenvalue weighted by atomic mass is 9.88. The molecule has 0 saturated carbocycles. The summed E-state index contributed by atoms with van der Waals surface area (Å²) in [6.45, 7) is 11.6. The number of para-hydroxylation sites is 1. The average Bonchev–Trinajstić information content (AvgIpc) is 3.33. The molecule has 6 aromatic rings. The van der Waals surface area contributed by atoms with Gasteiger partial charge in [-0.2, -0.15) is 0 Å². The molecule has 0 saturated heterocycles. The van der Waals surface area contributed by atoms with Crippen molar-refractivity contribution in [3.63, 3.8) is 0 Å². The van der Waals surface area contributed by atoms with E-state index < -0.39 is 11.4 Å².